The van der Waals surface area contributed by atoms with E-state index in [4.69, 9.17) is 22.1 Å². The smallest absolute Gasteiger partial charge is 0.266 e. The van der Waals surface area contributed by atoms with Crippen LogP contribution in [0.2, 0.25) is 5.02 Å². The molecule has 1 fully saturated rings. The molecular formula is C31H31ClN2O3S. The Hall–Kier alpha value is -3.19. The van der Waals surface area contributed by atoms with Crippen LogP contribution in [0.25, 0.3) is 21.2 Å². The van der Waals surface area contributed by atoms with E-state index in [0.29, 0.717) is 22.0 Å². The number of carbonyl (C=O) groups is 2. The third kappa shape index (κ3) is 5.35. The molecule has 5 nitrogen and oxygen atoms in total. The Balaban J connectivity index is 1.52. The molecule has 0 spiro atoms. The van der Waals surface area contributed by atoms with Crippen molar-refractivity contribution in [3.8, 4) is 16.9 Å². The number of fused-ring (bicyclic) bond motifs is 1. The summed E-state index contributed by atoms with van der Waals surface area (Å²) in [5, 5.41) is 1.42. The Kier molecular flexibility index (Phi) is 7.84. The largest absolute Gasteiger partial charge is 0.496 e. The number of methoxy groups -OCH3 is 1. The molecule has 1 aliphatic carbocycles. The number of ether oxygens (including phenoxy) is 1. The quantitative estimate of drug-likeness (QED) is 0.246. The first kappa shape index (κ1) is 26.4. The van der Waals surface area contributed by atoms with Crippen molar-refractivity contribution in [2.45, 2.75) is 51.2 Å². The van der Waals surface area contributed by atoms with Crippen LogP contribution >= 0.6 is 22.9 Å². The molecule has 196 valence electrons. The summed E-state index contributed by atoms with van der Waals surface area (Å²) in [4.78, 5) is 28.4. The molecule has 0 atom stereocenters. The lowest BCUT2D eigenvalue weighted by Gasteiger charge is -2.36. The van der Waals surface area contributed by atoms with Crippen molar-refractivity contribution < 1.29 is 14.3 Å². The van der Waals surface area contributed by atoms with Gasteiger partial charge in [-0.3, -0.25) is 9.59 Å². The second-order valence-corrected chi connectivity index (χ2v) is 11.3. The van der Waals surface area contributed by atoms with Crippen molar-refractivity contribution in [2.24, 2.45) is 5.73 Å². The van der Waals surface area contributed by atoms with Gasteiger partial charge in [-0.05, 0) is 61.9 Å². The highest BCUT2D eigenvalue weighted by atomic mass is 35.5. The van der Waals surface area contributed by atoms with Crippen molar-refractivity contribution in [1.82, 2.24) is 4.90 Å². The van der Waals surface area contributed by atoms with Gasteiger partial charge in [-0.2, -0.15) is 0 Å². The predicted molar refractivity (Wildman–Crippen MR) is 155 cm³/mol. The highest BCUT2D eigenvalue weighted by molar-refractivity contribution is 7.21. The summed E-state index contributed by atoms with van der Waals surface area (Å²) >= 11 is 8.20. The second kappa shape index (κ2) is 11.3. The minimum absolute atomic E-state index is 0.0354. The van der Waals surface area contributed by atoms with E-state index in [1.54, 1.807) is 14.0 Å². The fourth-order valence-corrected chi connectivity index (χ4v) is 6.69. The Morgan fingerprint density at radius 3 is 2.34 bits per heavy atom. The van der Waals surface area contributed by atoms with E-state index in [2.05, 4.69) is 6.07 Å². The van der Waals surface area contributed by atoms with Gasteiger partial charge in [0.05, 0.1) is 12.1 Å². The van der Waals surface area contributed by atoms with E-state index in [-0.39, 0.29) is 23.8 Å². The summed E-state index contributed by atoms with van der Waals surface area (Å²) < 4.78 is 6.72. The molecule has 5 rings (SSSR count). The normalized spacial score (nSPS) is 17.4. The third-order valence-corrected chi connectivity index (χ3v) is 9.08. The molecule has 4 aromatic rings. The van der Waals surface area contributed by atoms with Crippen LogP contribution in [0.1, 0.15) is 58.2 Å². The maximum atomic E-state index is 14.1. The summed E-state index contributed by atoms with van der Waals surface area (Å²) in [6.45, 7) is 1.96. The molecule has 1 aliphatic rings. The minimum Gasteiger partial charge on any atom is -0.496 e. The van der Waals surface area contributed by atoms with Crippen molar-refractivity contribution in [2.75, 3.05) is 7.11 Å². The predicted octanol–water partition coefficient (Wildman–Crippen LogP) is 7.35. The maximum Gasteiger partial charge on any atom is 0.266 e. The SMILES string of the molecule is COc1ccc(-c2ccc(C(C)=O)cc2)cc1CN(C(=O)c1sc2ccccc2c1Cl)[C@H]1CC[C@H](N)CC1. The Morgan fingerprint density at radius 2 is 1.68 bits per heavy atom. The maximum absolute atomic E-state index is 14.1. The average molecular weight is 547 g/mol. The van der Waals surface area contributed by atoms with Gasteiger partial charge in [0.2, 0.25) is 0 Å². The zero-order valence-electron chi connectivity index (χ0n) is 21.6. The van der Waals surface area contributed by atoms with Crippen LogP contribution in [-0.4, -0.2) is 35.8 Å². The van der Waals surface area contributed by atoms with Crippen LogP contribution in [-0.2, 0) is 6.54 Å². The number of hydrogen-bond acceptors (Lipinski definition) is 5. The second-order valence-electron chi connectivity index (χ2n) is 9.90. The minimum atomic E-state index is -0.0602. The van der Waals surface area contributed by atoms with Gasteiger partial charge < -0.3 is 15.4 Å². The molecule has 0 bridgehead atoms. The molecule has 0 unspecified atom stereocenters. The fourth-order valence-electron chi connectivity index (χ4n) is 5.22. The number of Topliss-reactive ketones (excluding diaryl/α,β-unsaturated/α-hetero) is 1. The number of benzene rings is 3. The molecule has 3 aromatic carbocycles. The van der Waals surface area contributed by atoms with Crippen molar-refractivity contribution in [3.05, 3.63) is 87.8 Å². The lowest BCUT2D eigenvalue weighted by atomic mass is 9.90. The van der Waals surface area contributed by atoms with Gasteiger partial charge in [0.1, 0.15) is 10.6 Å². The van der Waals surface area contributed by atoms with Gasteiger partial charge in [0.25, 0.3) is 5.91 Å². The number of amides is 1. The molecule has 1 saturated carbocycles. The van der Waals surface area contributed by atoms with Crippen molar-refractivity contribution >= 4 is 44.7 Å². The monoisotopic (exact) mass is 546 g/mol. The molecule has 0 saturated heterocycles. The molecule has 7 heteroatoms. The van der Waals surface area contributed by atoms with E-state index in [9.17, 15) is 9.59 Å². The Bertz CT molecular complexity index is 1470. The molecular weight excluding hydrogens is 516 g/mol. The number of thiophene rings is 1. The molecule has 2 N–H and O–H groups in total. The zero-order chi connectivity index (χ0) is 26.8. The molecule has 1 heterocycles. The van der Waals surface area contributed by atoms with Gasteiger partial charge in [-0.1, -0.05) is 60.1 Å². The van der Waals surface area contributed by atoms with Gasteiger partial charge in [-0.15, -0.1) is 11.3 Å². The van der Waals surface area contributed by atoms with Crippen LogP contribution < -0.4 is 10.5 Å². The van der Waals surface area contributed by atoms with E-state index in [1.807, 2.05) is 65.6 Å². The third-order valence-electron chi connectivity index (χ3n) is 7.42. The summed E-state index contributed by atoms with van der Waals surface area (Å²) in [6, 6.07) is 21.7. The number of rotatable bonds is 7. The molecule has 0 radical (unpaired) electrons. The summed E-state index contributed by atoms with van der Waals surface area (Å²) in [5.41, 5.74) is 9.79. The fraction of sp³-hybridized carbons (Fsp3) is 0.290. The first-order valence-electron chi connectivity index (χ1n) is 12.9. The highest BCUT2D eigenvalue weighted by Crippen LogP contribution is 2.38. The first-order valence-corrected chi connectivity index (χ1v) is 14.1. The van der Waals surface area contributed by atoms with Gasteiger partial charge in [0.15, 0.2) is 5.78 Å². The topological polar surface area (TPSA) is 72.6 Å². The Morgan fingerprint density at radius 1 is 1.00 bits per heavy atom. The van der Waals surface area contributed by atoms with E-state index < -0.39 is 0 Å². The summed E-state index contributed by atoms with van der Waals surface area (Å²) in [5.74, 6) is 0.699. The molecule has 38 heavy (non-hydrogen) atoms. The standard InChI is InChI=1S/C31H31ClN2O3S/c1-19(35)20-7-9-21(10-8-20)22-11-16-27(37-2)23(17-22)18-34(25-14-12-24(33)13-15-25)31(36)30-29(32)26-5-3-4-6-28(26)38-30/h3-11,16-17,24-25H,12-15,18,33H2,1-2H3/t24-,25-. The number of ketones is 1. The van der Waals surface area contributed by atoms with Crippen molar-refractivity contribution in [1.29, 1.82) is 0 Å². The summed E-state index contributed by atoms with van der Waals surface area (Å²) in [6.07, 6.45) is 3.47. The van der Waals surface area contributed by atoms with Gasteiger partial charge in [-0.25, -0.2) is 0 Å². The highest BCUT2D eigenvalue weighted by Gasteiger charge is 2.31. The Labute approximate surface area is 232 Å². The number of hydrogen-bond donors (Lipinski definition) is 1. The average Bonchev–Trinajstić information content (AvgIpc) is 3.28. The zero-order valence-corrected chi connectivity index (χ0v) is 23.1. The number of halogens is 1. The first-order chi connectivity index (χ1) is 18.4. The lowest BCUT2D eigenvalue weighted by molar-refractivity contribution is 0.0610. The molecule has 0 aliphatic heterocycles. The van der Waals surface area contributed by atoms with E-state index in [0.717, 1.165) is 58.2 Å². The number of carbonyl (C=O) groups excluding carboxylic acids is 2. The van der Waals surface area contributed by atoms with E-state index >= 15 is 0 Å². The summed E-state index contributed by atoms with van der Waals surface area (Å²) in [7, 11) is 1.65. The molecule has 1 amide bonds. The van der Waals surface area contributed by atoms with Crippen LogP contribution in [0.5, 0.6) is 5.75 Å². The van der Waals surface area contributed by atoms with Crippen LogP contribution in [0.15, 0.2) is 66.7 Å². The van der Waals surface area contributed by atoms with Crippen LogP contribution in [0, 0.1) is 0 Å². The van der Waals surface area contributed by atoms with Crippen molar-refractivity contribution in [3.63, 3.8) is 0 Å². The van der Waals surface area contributed by atoms with Gasteiger partial charge >= 0.3 is 0 Å². The number of nitrogens with two attached hydrogens (primary N) is 1. The lowest BCUT2D eigenvalue weighted by Crippen LogP contribution is -2.43. The van der Waals surface area contributed by atoms with Gasteiger partial charge in [0, 0.05) is 39.8 Å². The van der Waals surface area contributed by atoms with Crippen LogP contribution in [0.3, 0.4) is 0 Å². The van der Waals surface area contributed by atoms with Crippen LogP contribution in [0.4, 0.5) is 0 Å². The van der Waals surface area contributed by atoms with E-state index in [1.165, 1.54) is 11.3 Å². The molecule has 1 aromatic heterocycles. The number of nitrogens with zero attached hydrogens (tertiary/aromatic N) is 1.